The summed E-state index contributed by atoms with van der Waals surface area (Å²) in [5.41, 5.74) is 1.02. The van der Waals surface area contributed by atoms with E-state index in [9.17, 15) is 9.18 Å². The summed E-state index contributed by atoms with van der Waals surface area (Å²) in [6, 6.07) is 13.1. The fraction of sp³-hybridized carbons (Fsp3) is 0.133. The number of alkyl halides is 1. The van der Waals surface area contributed by atoms with E-state index in [1.807, 2.05) is 52.9 Å². The van der Waals surface area contributed by atoms with Gasteiger partial charge in [0.05, 0.1) is 5.56 Å². The minimum absolute atomic E-state index is 0.140. The van der Waals surface area contributed by atoms with Crippen LogP contribution in [0, 0.1) is 5.82 Å². The molecule has 104 valence electrons. The molecule has 3 nitrogen and oxygen atoms in total. The normalized spacial score (nSPS) is 10.1. The average molecular weight is 386 g/mol. The van der Waals surface area contributed by atoms with Crippen molar-refractivity contribution >= 4 is 28.6 Å². The van der Waals surface area contributed by atoms with E-state index in [0.29, 0.717) is 10.4 Å². The van der Waals surface area contributed by atoms with Crippen LogP contribution in [-0.4, -0.2) is 10.6 Å². The fourth-order valence-corrected chi connectivity index (χ4v) is 1.99. The third-order valence-corrected chi connectivity index (χ3v) is 2.85. The summed E-state index contributed by atoms with van der Waals surface area (Å²) < 4.78 is 24.1. The molecule has 0 heterocycles. The molecule has 0 bridgehead atoms. The summed E-state index contributed by atoms with van der Waals surface area (Å²) >= 11 is 2.00. The molecule has 0 aromatic heterocycles. The van der Waals surface area contributed by atoms with Gasteiger partial charge in [0.2, 0.25) is 0 Å². The van der Waals surface area contributed by atoms with Crippen molar-refractivity contribution in [3.63, 3.8) is 0 Å². The Morgan fingerprint density at radius 3 is 2.60 bits per heavy atom. The van der Waals surface area contributed by atoms with Crippen LogP contribution in [0.3, 0.4) is 0 Å². The van der Waals surface area contributed by atoms with Gasteiger partial charge in [-0.2, -0.15) is 0 Å². The van der Waals surface area contributed by atoms with E-state index in [2.05, 4.69) is 0 Å². The molecule has 0 aliphatic carbocycles. The molecule has 0 N–H and O–H groups in total. The van der Waals surface area contributed by atoms with Crippen molar-refractivity contribution in [2.75, 3.05) is 4.61 Å². The molecule has 2 aromatic rings. The topological polar surface area (TPSA) is 35.5 Å². The number of ether oxygens (including phenoxy) is 2. The van der Waals surface area contributed by atoms with Gasteiger partial charge >= 0.3 is 5.97 Å². The average Bonchev–Trinajstić information content (AvgIpc) is 2.45. The number of rotatable bonds is 5. The third-order valence-electron chi connectivity index (χ3n) is 2.54. The van der Waals surface area contributed by atoms with Gasteiger partial charge in [-0.25, -0.2) is 9.18 Å². The Balaban J connectivity index is 2.05. The van der Waals surface area contributed by atoms with E-state index < -0.39 is 11.8 Å². The Labute approximate surface area is 129 Å². The molecule has 0 spiro atoms. The third kappa shape index (κ3) is 4.19. The Morgan fingerprint density at radius 2 is 1.90 bits per heavy atom. The number of hydrogen-bond donors (Lipinski definition) is 0. The highest BCUT2D eigenvalue weighted by Crippen LogP contribution is 2.18. The first-order valence-corrected chi connectivity index (χ1v) is 7.42. The maximum atomic E-state index is 13.4. The molecule has 2 aromatic carbocycles. The Kier molecular flexibility index (Phi) is 5.34. The van der Waals surface area contributed by atoms with Crippen molar-refractivity contribution < 1.29 is 18.7 Å². The van der Waals surface area contributed by atoms with Crippen LogP contribution in [0.25, 0.3) is 0 Å². The second-order valence-corrected chi connectivity index (χ2v) is 4.61. The summed E-state index contributed by atoms with van der Waals surface area (Å²) in [6.45, 7) is 0.151. The van der Waals surface area contributed by atoms with Crippen LogP contribution in [0.2, 0.25) is 0 Å². The monoisotopic (exact) mass is 386 g/mol. The van der Waals surface area contributed by atoms with Crippen LogP contribution in [0.5, 0.6) is 5.75 Å². The fourth-order valence-electron chi connectivity index (χ4n) is 1.63. The van der Waals surface area contributed by atoms with Crippen LogP contribution in [0.15, 0.2) is 48.5 Å². The molecule has 0 saturated carbocycles. The van der Waals surface area contributed by atoms with E-state index in [1.54, 1.807) is 0 Å². The van der Waals surface area contributed by atoms with E-state index in [-0.39, 0.29) is 12.2 Å². The minimum Gasteiger partial charge on any atom is -0.483 e. The standard InChI is InChI=1S/C15H12FIO3/c16-13-6-12(7-14(8-13)20-10-17)15(18)19-9-11-4-2-1-3-5-11/h1-8H,9-10H2. The van der Waals surface area contributed by atoms with Crippen molar-refractivity contribution in [2.24, 2.45) is 0 Å². The summed E-state index contributed by atoms with van der Waals surface area (Å²) in [5, 5.41) is 0. The number of carbonyl (C=O) groups excluding carboxylic acids is 1. The smallest absolute Gasteiger partial charge is 0.338 e. The number of esters is 1. The molecule has 0 fully saturated rings. The van der Waals surface area contributed by atoms with Crippen LogP contribution in [0.1, 0.15) is 15.9 Å². The van der Waals surface area contributed by atoms with Crippen LogP contribution in [-0.2, 0) is 11.3 Å². The number of carbonyl (C=O) groups is 1. The zero-order valence-electron chi connectivity index (χ0n) is 10.5. The minimum atomic E-state index is -0.577. The van der Waals surface area contributed by atoms with E-state index in [0.717, 1.165) is 11.6 Å². The van der Waals surface area contributed by atoms with Gasteiger partial charge in [0.15, 0.2) is 0 Å². The van der Waals surface area contributed by atoms with Gasteiger partial charge in [-0.15, -0.1) is 0 Å². The first kappa shape index (κ1) is 14.8. The summed E-state index contributed by atoms with van der Waals surface area (Å²) in [5.74, 6) is -0.795. The lowest BCUT2D eigenvalue weighted by Gasteiger charge is -2.07. The van der Waals surface area contributed by atoms with Gasteiger partial charge in [-0.3, -0.25) is 0 Å². The van der Waals surface area contributed by atoms with Crippen LogP contribution < -0.4 is 4.74 Å². The highest BCUT2D eigenvalue weighted by molar-refractivity contribution is 14.1. The van der Waals surface area contributed by atoms with Crippen molar-refractivity contribution in [1.82, 2.24) is 0 Å². The van der Waals surface area contributed by atoms with Gasteiger partial charge in [-0.1, -0.05) is 30.3 Å². The molecule has 0 saturated heterocycles. The molecule has 5 heteroatoms. The van der Waals surface area contributed by atoms with Gasteiger partial charge in [-0.05, 0) is 40.3 Å². The zero-order chi connectivity index (χ0) is 14.4. The largest absolute Gasteiger partial charge is 0.483 e. The second kappa shape index (κ2) is 7.23. The SMILES string of the molecule is O=C(OCc1ccccc1)c1cc(F)cc(OCI)c1. The Bertz CT molecular complexity index is 587. The number of benzene rings is 2. The molecule has 0 aliphatic heterocycles. The highest BCUT2D eigenvalue weighted by Gasteiger charge is 2.11. The van der Waals surface area contributed by atoms with Crippen LogP contribution >= 0.6 is 22.6 Å². The van der Waals surface area contributed by atoms with Gasteiger partial charge in [0.1, 0.15) is 22.8 Å². The quantitative estimate of drug-likeness (QED) is 0.444. The van der Waals surface area contributed by atoms with Gasteiger partial charge in [0.25, 0.3) is 0 Å². The molecule has 0 amide bonds. The van der Waals surface area contributed by atoms with Gasteiger partial charge in [0, 0.05) is 6.07 Å². The molecule has 2 rings (SSSR count). The molecular formula is C15H12FIO3. The molecule has 0 unspecified atom stereocenters. The van der Waals surface area contributed by atoms with Crippen molar-refractivity contribution in [3.8, 4) is 5.75 Å². The van der Waals surface area contributed by atoms with E-state index in [4.69, 9.17) is 9.47 Å². The maximum absolute atomic E-state index is 13.4. The van der Waals surface area contributed by atoms with E-state index in [1.165, 1.54) is 12.1 Å². The zero-order valence-corrected chi connectivity index (χ0v) is 12.7. The van der Waals surface area contributed by atoms with Crippen molar-refractivity contribution in [2.45, 2.75) is 6.61 Å². The summed E-state index contributed by atoms with van der Waals surface area (Å²) in [6.07, 6.45) is 0. The molecule has 0 radical (unpaired) electrons. The molecule has 0 aliphatic rings. The lowest BCUT2D eigenvalue weighted by molar-refractivity contribution is 0.0471. The predicted molar refractivity (Wildman–Crippen MR) is 81.5 cm³/mol. The second-order valence-electron chi connectivity index (χ2n) is 3.99. The lowest BCUT2D eigenvalue weighted by atomic mass is 10.2. The summed E-state index contributed by atoms with van der Waals surface area (Å²) in [4.78, 5) is 11.9. The number of halogens is 2. The summed E-state index contributed by atoms with van der Waals surface area (Å²) in [7, 11) is 0. The molecule has 20 heavy (non-hydrogen) atoms. The van der Waals surface area contributed by atoms with E-state index >= 15 is 0 Å². The van der Waals surface area contributed by atoms with Gasteiger partial charge < -0.3 is 9.47 Å². The first-order valence-electron chi connectivity index (χ1n) is 5.89. The number of hydrogen-bond acceptors (Lipinski definition) is 3. The first-order chi connectivity index (χ1) is 9.69. The maximum Gasteiger partial charge on any atom is 0.338 e. The highest BCUT2D eigenvalue weighted by atomic mass is 127. The Hall–Kier alpha value is -1.63. The van der Waals surface area contributed by atoms with Crippen molar-refractivity contribution in [3.05, 3.63) is 65.5 Å². The molecule has 0 atom stereocenters. The predicted octanol–water partition coefficient (Wildman–Crippen LogP) is 3.95. The Morgan fingerprint density at radius 1 is 1.15 bits per heavy atom. The van der Waals surface area contributed by atoms with Crippen LogP contribution in [0.4, 0.5) is 4.39 Å². The lowest BCUT2D eigenvalue weighted by Crippen LogP contribution is -2.06. The van der Waals surface area contributed by atoms with Crippen molar-refractivity contribution in [1.29, 1.82) is 0 Å². The molecular weight excluding hydrogens is 374 g/mol.